The van der Waals surface area contributed by atoms with E-state index in [1.165, 1.54) is 16.5 Å². The SMILES string of the molecule is COc1cc(C(C)C)ccc1-c1cn(CC(=O)O)cn1. The van der Waals surface area contributed by atoms with Crippen LogP contribution in [0.15, 0.2) is 30.7 Å². The zero-order valence-electron chi connectivity index (χ0n) is 11.8. The number of carboxylic acid groups (broad SMARTS) is 1. The van der Waals surface area contributed by atoms with E-state index >= 15 is 0 Å². The second-order valence-corrected chi connectivity index (χ2v) is 4.94. The van der Waals surface area contributed by atoms with Crippen molar-refractivity contribution >= 4 is 5.97 Å². The molecule has 5 nitrogen and oxygen atoms in total. The first kappa shape index (κ1) is 14.1. The summed E-state index contributed by atoms with van der Waals surface area (Å²) in [7, 11) is 1.62. The van der Waals surface area contributed by atoms with Gasteiger partial charge in [-0.3, -0.25) is 4.79 Å². The zero-order chi connectivity index (χ0) is 14.7. The van der Waals surface area contributed by atoms with E-state index < -0.39 is 5.97 Å². The number of imidazole rings is 1. The van der Waals surface area contributed by atoms with Crippen molar-refractivity contribution in [3.05, 3.63) is 36.3 Å². The van der Waals surface area contributed by atoms with Crippen LogP contribution in [0.2, 0.25) is 0 Å². The highest BCUT2D eigenvalue weighted by molar-refractivity contribution is 5.69. The van der Waals surface area contributed by atoms with Crippen molar-refractivity contribution < 1.29 is 14.6 Å². The summed E-state index contributed by atoms with van der Waals surface area (Å²) in [5, 5.41) is 8.77. The summed E-state index contributed by atoms with van der Waals surface area (Å²) >= 11 is 0. The predicted octanol–water partition coefficient (Wildman–Crippen LogP) is 2.77. The molecule has 0 fully saturated rings. The second-order valence-electron chi connectivity index (χ2n) is 4.94. The Morgan fingerprint density at radius 1 is 1.45 bits per heavy atom. The number of rotatable bonds is 5. The number of aliphatic carboxylic acids is 1. The van der Waals surface area contributed by atoms with Crippen molar-refractivity contribution in [1.29, 1.82) is 0 Å². The van der Waals surface area contributed by atoms with E-state index in [2.05, 4.69) is 18.8 Å². The Hall–Kier alpha value is -2.30. The summed E-state index contributed by atoms with van der Waals surface area (Å²) in [6.45, 7) is 4.14. The van der Waals surface area contributed by atoms with Gasteiger partial charge in [-0.05, 0) is 23.6 Å². The van der Waals surface area contributed by atoms with E-state index in [0.29, 0.717) is 11.6 Å². The number of nitrogens with zero attached hydrogens (tertiary/aromatic N) is 2. The molecule has 1 N–H and O–H groups in total. The smallest absolute Gasteiger partial charge is 0.323 e. The minimum atomic E-state index is -0.893. The highest BCUT2D eigenvalue weighted by atomic mass is 16.5. The van der Waals surface area contributed by atoms with Gasteiger partial charge >= 0.3 is 5.97 Å². The second kappa shape index (κ2) is 5.77. The van der Waals surface area contributed by atoms with Crippen LogP contribution in [-0.4, -0.2) is 27.7 Å². The summed E-state index contributed by atoms with van der Waals surface area (Å²) in [4.78, 5) is 14.9. The van der Waals surface area contributed by atoms with Gasteiger partial charge in [0.25, 0.3) is 0 Å². The molecule has 2 rings (SSSR count). The quantitative estimate of drug-likeness (QED) is 0.910. The highest BCUT2D eigenvalue weighted by Gasteiger charge is 2.11. The number of methoxy groups -OCH3 is 1. The molecule has 0 saturated heterocycles. The van der Waals surface area contributed by atoms with Gasteiger partial charge in [0.2, 0.25) is 0 Å². The van der Waals surface area contributed by atoms with Crippen molar-refractivity contribution in [2.75, 3.05) is 7.11 Å². The van der Waals surface area contributed by atoms with Crippen LogP contribution >= 0.6 is 0 Å². The molecular weight excluding hydrogens is 256 g/mol. The maximum atomic E-state index is 10.7. The van der Waals surface area contributed by atoms with E-state index in [9.17, 15) is 4.79 Å². The number of carboxylic acids is 1. The summed E-state index contributed by atoms with van der Waals surface area (Å²) < 4.78 is 6.95. The van der Waals surface area contributed by atoms with Crippen molar-refractivity contribution in [2.24, 2.45) is 0 Å². The van der Waals surface area contributed by atoms with Crippen molar-refractivity contribution in [3.63, 3.8) is 0 Å². The molecule has 106 valence electrons. The van der Waals surface area contributed by atoms with Gasteiger partial charge in [0, 0.05) is 11.8 Å². The topological polar surface area (TPSA) is 64.3 Å². The Morgan fingerprint density at radius 2 is 2.20 bits per heavy atom. The Kier molecular flexibility index (Phi) is 4.08. The number of aromatic nitrogens is 2. The molecule has 0 radical (unpaired) electrons. The number of hydrogen-bond acceptors (Lipinski definition) is 3. The van der Waals surface area contributed by atoms with Crippen LogP contribution in [0.1, 0.15) is 25.3 Å². The zero-order valence-corrected chi connectivity index (χ0v) is 11.8. The minimum Gasteiger partial charge on any atom is -0.496 e. The highest BCUT2D eigenvalue weighted by Crippen LogP contribution is 2.31. The average Bonchev–Trinajstić information content (AvgIpc) is 2.85. The van der Waals surface area contributed by atoms with E-state index in [4.69, 9.17) is 9.84 Å². The predicted molar refractivity (Wildman–Crippen MR) is 75.9 cm³/mol. The third kappa shape index (κ3) is 2.99. The van der Waals surface area contributed by atoms with Gasteiger partial charge in [-0.25, -0.2) is 4.98 Å². The number of hydrogen-bond donors (Lipinski definition) is 1. The van der Waals surface area contributed by atoms with Crippen LogP contribution in [0.4, 0.5) is 0 Å². The lowest BCUT2D eigenvalue weighted by Crippen LogP contribution is -2.06. The van der Waals surface area contributed by atoms with E-state index in [-0.39, 0.29) is 6.54 Å². The van der Waals surface area contributed by atoms with Crippen LogP contribution < -0.4 is 4.74 Å². The van der Waals surface area contributed by atoms with Crippen molar-refractivity contribution in [2.45, 2.75) is 26.3 Å². The third-order valence-electron chi connectivity index (χ3n) is 3.12. The lowest BCUT2D eigenvalue weighted by Gasteiger charge is -2.11. The molecule has 0 saturated carbocycles. The molecule has 0 unspecified atom stereocenters. The third-order valence-corrected chi connectivity index (χ3v) is 3.12. The molecule has 1 aromatic heterocycles. The van der Waals surface area contributed by atoms with Gasteiger partial charge in [0.1, 0.15) is 12.3 Å². The van der Waals surface area contributed by atoms with E-state index in [1.54, 1.807) is 13.3 Å². The molecule has 0 amide bonds. The minimum absolute atomic E-state index is 0.0978. The fraction of sp³-hybridized carbons (Fsp3) is 0.333. The fourth-order valence-electron chi connectivity index (χ4n) is 2.02. The Labute approximate surface area is 117 Å². The Balaban J connectivity index is 2.36. The summed E-state index contributed by atoms with van der Waals surface area (Å²) in [5.41, 5.74) is 2.76. The molecule has 0 aliphatic carbocycles. The molecule has 0 bridgehead atoms. The van der Waals surface area contributed by atoms with Gasteiger partial charge in [-0.1, -0.05) is 19.9 Å². The monoisotopic (exact) mass is 274 g/mol. The molecule has 0 aliphatic heterocycles. The van der Waals surface area contributed by atoms with Crippen LogP contribution in [0.25, 0.3) is 11.3 Å². The standard InChI is InChI=1S/C15H18N2O3/c1-10(2)11-4-5-12(14(6-11)20-3)13-7-17(9-16-13)8-15(18)19/h4-7,9-10H,8H2,1-3H3,(H,18,19). The molecular formula is C15H18N2O3. The van der Waals surface area contributed by atoms with Crippen LogP contribution in [0.3, 0.4) is 0 Å². The Bertz CT molecular complexity index is 617. The summed E-state index contributed by atoms with van der Waals surface area (Å²) in [6.07, 6.45) is 3.22. The van der Waals surface area contributed by atoms with Gasteiger partial charge in [-0.15, -0.1) is 0 Å². The van der Waals surface area contributed by atoms with Gasteiger partial charge in [0.05, 0.1) is 19.1 Å². The van der Waals surface area contributed by atoms with Crippen molar-refractivity contribution in [1.82, 2.24) is 9.55 Å². The molecule has 1 heterocycles. The lowest BCUT2D eigenvalue weighted by atomic mass is 10.00. The first-order valence-electron chi connectivity index (χ1n) is 6.43. The maximum Gasteiger partial charge on any atom is 0.323 e. The first-order chi connectivity index (χ1) is 9.51. The molecule has 1 aromatic carbocycles. The molecule has 0 atom stereocenters. The number of carbonyl (C=O) groups is 1. The maximum absolute atomic E-state index is 10.7. The first-order valence-corrected chi connectivity index (χ1v) is 6.43. The van der Waals surface area contributed by atoms with Gasteiger partial charge < -0.3 is 14.4 Å². The van der Waals surface area contributed by atoms with E-state index in [0.717, 1.165) is 11.3 Å². The normalized spacial score (nSPS) is 10.8. The van der Waals surface area contributed by atoms with Crippen LogP contribution in [0.5, 0.6) is 5.75 Å². The molecule has 20 heavy (non-hydrogen) atoms. The summed E-state index contributed by atoms with van der Waals surface area (Å²) in [5.74, 6) is 0.273. The molecule has 0 aliphatic rings. The van der Waals surface area contributed by atoms with Crippen molar-refractivity contribution in [3.8, 4) is 17.0 Å². The van der Waals surface area contributed by atoms with Gasteiger partial charge in [0.15, 0.2) is 0 Å². The molecule has 2 aromatic rings. The average molecular weight is 274 g/mol. The summed E-state index contributed by atoms with van der Waals surface area (Å²) in [6, 6.07) is 6.00. The van der Waals surface area contributed by atoms with Crippen LogP contribution in [0, 0.1) is 0 Å². The molecule has 5 heteroatoms. The number of benzene rings is 1. The van der Waals surface area contributed by atoms with Gasteiger partial charge in [-0.2, -0.15) is 0 Å². The Morgan fingerprint density at radius 3 is 2.80 bits per heavy atom. The van der Waals surface area contributed by atoms with E-state index in [1.807, 2.05) is 18.2 Å². The fourth-order valence-corrected chi connectivity index (χ4v) is 2.02. The molecule has 0 spiro atoms. The largest absolute Gasteiger partial charge is 0.496 e. The lowest BCUT2D eigenvalue weighted by molar-refractivity contribution is -0.137. The van der Waals surface area contributed by atoms with Crippen LogP contribution in [-0.2, 0) is 11.3 Å². The number of ether oxygens (including phenoxy) is 1.